The van der Waals surface area contributed by atoms with E-state index in [4.69, 9.17) is 9.47 Å². The number of carbonyl (C=O) groups is 1. The van der Waals surface area contributed by atoms with E-state index >= 15 is 0 Å². The van der Waals surface area contributed by atoms with Crippen LogP contribution in [0.2, 0.25) is 0 Å². The highest BCUT2D eigenvalue weighted by Gasteiger charge is 2.45. The Morgan fingerprint density at radius 3 is 2.60 bits per heavy atom. The lowest BCUT2D eigenvalue weighted by atomic mass is 9.73. The molecule has 3 heteroatoms. The smallest absolute Gasteiger partial charge is 0.168 e. The normalized spacial score (nSPS) is 34.5. The zero-order valence-corrected chi connectivity index (χ0v) is 9.62. The minimum absolute atomic E-state index is 0.230. The largest absolute Gasteiger partial charge is 0.348 e. The summed E-state index contributed by atoms with van der Waals surface area (Å²) in [4.78, 5) is 11.5. The standard InChI is InChI=1S/C12H20O3/c1-3-10-8-12(14-6-7-15-12)5-4-11(10)9(2)13/h10-11H,3-8H2,1-2H3. The third-order valence-electron chi connectivity index (χ3n) is 3.84. The molecule has 0 bridgehead atoms. The molecule has 2 rings (SSSR count). The summed E-state index contributed by atoms with van der Waals surface area (Å²) in [5.41, 5.74) is 0. The SMILES string of the molecule is CCC1CC2(CCC1C(C)=O)OCCO2. The third kappa shape index (κ3) is 2.08. The summed E-state index contributed by atoms with van der Waals surface area (Å²) in [6, 6.07) is 0. The Bertz CT molecular complexity index is 243. The maximum Gasteiger partial charge on any atom is 0.168 e. The molecule has 3 nitrogen and oxygen atoms in total. The Hall–Kier alpha value is -0.410. The van der Waals surface area contributed by atoms with Crippen molar-refractivity contribution in [1.29, 1.82) is 0 Å². The van der Waals surface area contributed by atoms with E-state index in [2.05, 4.69) is 6.92 Å². The predicted molar refractivity (Wildman–Crippen MR) is 56.4 cm³/mol. The van der Waals surface area contributed by atoms with Gasteiger partial charge in [-0.05, 0) is 19.3 Å². The number of carbonyl (C=O) groups excluding carboxylic acids is 1. The van der Waals surface area contributed by atoms with Gasteiger partial charge in [0.15, 0.2) is 5.79 Å². The number of Topliss-reactive ketones (excluding diaryl/α,β-unsaturated/α-hetero) is 1. The molecule has 0 aromatic rings. The topological polar surface area (TPSA) is 35.5 Å². The van der Waals surface area contributed by atoms with E-state index in [1.54, 1.807) is 6.92 Å². The van der Waals surface area contributed by atoms with Crippen LogP contribution in [0.4, 0.5) is 0 Å². The summed E-state index contributed by atoms with van der Waals surface area (Å²) in [6.45, 7) is 5.28. The second-order valence-corrected chi connectivity index (χ2v) is 4.74. The van der Waals surface area contributed by atoms with Crippen LogP contribution in [0, 0.1) is 11.8 Å². The zero-order chi connectivity index (χ0) is 10.9. The zero-order valence-electron chi connectivity index (χ0n) is 9.62. The summed E-state index contributed by atoms with van der Waals surface area (Å²) >= 11 is 0. The van der Waals surface area contributed by atoms with Gasteiger partial charge in [0.2, 0.25) is 0 Å². The Morgan fingerprint density at radius 1 is 1.40 bits per heavy atom. The minimum atomic E-state index is -0.341. The van der Waals surface area contributed by atoms with Gasteiger partial charge in [-0.1, -0.05) is 13.3 Å². The number of rotatable bonds is 2. The number of ether oxygens (including phenoxy) is 2. The number of ketones is 1. The van der Waals surface area contributed by atoms with E-state index in [0.717, 1.165) is 25.7 Å². The molecule has 2 unspecified atom stereocenters. The van der Waals surface area contributed by atoms with E-state index in [1.165, 1.54) is 0 Å². The lowest BCUT2D eigenvalue weighted by Crippen LogP contribution is -2.41. The van der Waals surface area contributed by atoms with Gasteiger partial charge in [0, 0.05) is 18.8 Å². The third-order valence-corrected chi connectivity index (χ3v) is 3.84. The van der Waals surface area contributed by atoms with Crippen molar-refractivity contribution in [3.05, 3.63) is 0 Å². The van der Waals surface area contributed by atoms with Gasteiger partial charge in [-0.3, -0.25) is 4.79 Å². The van der Waals surface area contributed by atoms with E-state index in [9.17, 15) is 4.79 Å². The molecule has 2 aliphatic rings. The second kappa shape index (κ2) is 4.22. The van der Waals surface area contributed by atoms with Crippen molar-refractivity contribution in [2.45, 2.75) is 45.3 Å². The van der Waals surface area contributed by atoms with Gasteiger partial charge in [0.05, 0.1) is 13.2 Å². The van der Waals surface area contributed by atoms with Crippen LogP contribution in [-0.2, 0) is 14.3 Å². The highest BCUT2D eigenvalue weighted by molar-refractivity contribution is 5.78. The molecule has 0 aromatic heterocycles. The van der Waals surface area contributed by atoms with Crippen LogP contribution in [0.25, 0.3) is 0 Å². The molecule has 1 heterocycles. The highest BCUT2D eigenvalue weighted by Crippen LogP contribution is 2.43. The van der Waals surface area contributed by atoms with E-state index in [1.807, 2.05) is 0 Å². The first-order valence-electron chi connectivity index (χ1n) is 5.95. The van der Waals surface area contributed by atoms with Crippen LogP contribution in [0.1, 0.15) is 39.5 Å². The maximum absolute atomic E-state index is 11.5. The second-order valence-electron chi connectivity index (χ2n) is 4.74. The molecule has 1 saturated heterocycles. The molecule has 2 fully saturated rings. The Kier molecular flexibility index (Phi) is 3.12. The maximum atomic E-state index is 11.5. The van der Waals surface area contributed by atoms with Gasteiger partial charge in [-0.25, -0.2) is 0 Å². The van der Waals surface area contributed by atoms with Crippen LogP contribution in [0.3, 0.4) is 0 Å². The highest BCUT2D eigenvalue weighted by atomic mass is 16.7. The first kappa shape index (κ1) is 11.1. The van der Waals surface area contributed by atoms with Gasteiger partial charge >= 0.3 is 0 Å². The van der Waals surface area contributed by atoms with Crippen molar-refractivity contribution in [1.82, 2.24) is 0 Å². The van der Waals surface area contributed by atoms with Gasteiger partial charge in [-0.15, -0.1) is 0 Å². The van der Waals surface area contributed by atoms with Gasteiger partial charge < -0.3 is 9.47 Å². The summed E-state index contributed by atoms with van der Waals surface area (Å²) in [7, 11) is 0. The molecule has 0 N–H and O–H groups in total. The fraction of sp³-hybridized carbons (Fsp3) is 0.917. The van der Waals surface area contributed by atoms with Crippen molar-refractivity contribution in [2.24, 2.45) is 11.8 Å². The predicted octanol–water partition coefficient (Wildman–Crippen LogP) is 2.14. The molecule has 1 aliphatic carbocycles. The first-order valence-corrected chi connectivity index (χ1v) is 5.95. The van der Waals surface area contributed by atoms with Crippen LogP contribution >= 0.6 is 0 Å². The summed E-state index contributed by atoms with van der Waals surface area (Å²) in [5, 5.41) is 0. The summed E-state index contributed by atoms with van der Waals surface area (Å²) in [5.74, 6) is 0.657. The molecule has 86 valence electrons. The minimum Gasteiger partial charge on any atom is -0.348 e. The fourth-order valence-corrected chi connectivity index (χ4v) is 2.98. The molecule has 0 radical (unpaired) electrons. The first-order chi connectivity index (χ1) is 7.17. The quantitative estimate of drug-likeness (QED) is 0.703. The number of hydrogen-bond donors (Lipinski definition) is 0. The molecule has 15 heavy (non-hydrogen) atoms. The summed E-state index contributed by atoms with van der Waals surface area (Å²) in [6.07, 6.45) is 3.74. The van der Waals surface area contributed by atoms with Gasteiger partial charge in [-0.2, -0.15) is 0 Å². The Balaban J connectivity index is 2.05. The lowest BCUT2D eigenvalue weighted by Gasteiger charge is -2.39. The molecule has 1 aliphatic heterocycles. The Morgan fingerprint density at radius 2 is 2.07 bits per heavy atom. The average molecular weight is 212 g/mol. The average Bonchev–Trinajstić information content (AvgIpc) is 2.66. The molecule has 0 amide bonds. The molecule has 1 saturated carbocycles. The summed E-state index contributed by atoms with van der Waals surface area (Å²) < 4.78 is 11.4. The van der Waals surface area contributed by atoms with Crippen molar-refractivity contribution in [2.75, 3.05) is 13.2 Å². The van der Waals surface area contributed by atoms with Crippen molar-refractivity contribution in [3.63, 3.8) is 0 Å². The van der Waals surface area contributed by atoms with Crippen LogP contribution in [0.15, 0.2) is 0 Å². The van der Waals surface area contributed by atoms with Crippen molar-refractivity contribution >= 4 is 5.78 Å². The van der Waals surface area contributed by atoms with Gasteiger partial charge in [0.25, 0.3) is 0 Å². The molecule has 1 spiro atoms. The van der Waals surface area contributed by atoms with E-state index in [-0.39, 0.29) is 11.7 Å². The van der Waals surface area contributed by atoms with Crippen LogP contribution in [-0.4, -0.2) is 24.8 Å². The fourth-order valence-electron chi connectivity index (χ4n) is 2.98. The van der Waals surface area contributed by atoms with E-state index in [0.29, 0.717) is 24.9 Å². The van der Waals surface area contributed by atoms with Crippen LogP contribution < -0.4 is 0 Å². The molecule has 2 atom stereocenters. The molecular weight excluding hydrogens is 192 g/mol. The Labute approximate surface area is 91.1 Å². The van der Waals surface area contributed by atoms with Crippen molar-refractivity contribution in [3.8, 4) is 0 Å². The number of hydrogen-bond acceptors (Lipinski definition) is 3. The van der Waals surface area contributed by atoms with Gasteiger partial charge in [0.1, 0.15) is 5.78 Å². The monoisotopic (exact) mass is 212 g/mol. The molecule has 0 aromatic carbocycles. The van der Waals surface area contributed by atoms with E-state index < -0.39 is 0 Å². The van der Waals surface area contributed by atoms with Crippen LogP contribution in [0.5, 0.6) is 0 Å². The van der Waals surface area contributed by atoms with Crippen molar-refractivity contribution < 1.29 is 14.3 Å². The lowest BCUT2D eigenvalue weighted by molar-refractivity contribution is -0.195. The molecular formula is C12H20O3.